The summed E-state index contributed by atoms with van der Waals surface area (Å²) >= 11 is -2.24. The number of hydrogen-bond acceptors (Lipinski definition) is 4. The highest BCUT2D eigenvalue weighted by Crippen LogP contribution is 2.33. The molecule has 0 spiro atoms. The Kier molecular flexibility index (Phi) is 4.11. The molecule has 0 aliphatic carbocycles. The average molecular weight is 293 g/mol. The summed E-state index contributed by atoms with van der Waals surface area (Å²) in [5.41, 5.74) is 0.583. The van der Waals surface area contributed by atoms with Crippen molar-refractivity contribution in [1.29, 1.82) is 0 Å². The highest BCUT2D eigenvalue weighted by atomic mass is 32.2. The molecule has 0 amide bonds. The summed E-state index contributed by atoms with van der Waals surface area (Å²) in [5, 5.41) is 10.9. The second kappa shape index (κ2) is 5.81. The van der Waals surface area contributed by atoms with Gasteiger partial charge in [-0.2, -0.15) is 0 Å². The van der Waals surface area contributed by atoms with Crippen molar-refractivity contribution < 1.29 is 18.4 Å². The third-order valence-electron chi connectivity index (χ3n) is 2.57. The van der Waals surface area contributed by atoms with Gasteiger partial charge in [-0.15, -0.1) is 0 Å². The van der Waals surface area contributed by atoms with E-state index in [1.807, 2.05) is 0 Å². The molecule has 0 aliphatic heterocycles. The molecule has 20 heavy (non-hydrogen) atoms. The van der Waals surface area contributed by atoms with Crippen molar-refractivity contribution in [2.45, 2.75) is 11.8 Å². The Hall–Kier alpha value is -2.25. The molecule has 0 saturated heterocycles. The largest absolute Gasteiger partial charge is 0.449 e. The fourth-order valence-electron chi connectivity index (χ4n) is 1.65. The van der Waals surface area contributed by atoms with Crippen molar-refractivity contribution in [3.05, 3.63) is 58.1 Å². The van der Waals surface area contributed by atoms with Crippen molar-refractivity contribution in [2.75, 3.05) is 0 Å². The number of hydrogen-bond donors (Lipinski definition) is 1. The van der Waals surface area contributed by atoms with Crippen molar-refractivity contribution in [2.24, 2.45) is 0 Å². The standard InChI is InChI=1S/C13H11NO5S/c1-9-6-7-12(13(8-9)20(17)18)19-11-5-3-2-4-10(11)14(15)16/h2-8H,1H3,(H,17,18). The molecule has 1 atom stereocenters. The Bertz CT molecular complexity index is 686. The molecule has 0 aromatic heterocycles. The minimum atomic E-state index is -2.24. The Morgan fingerprint density at radius 1 is 1.20 bits per heavy atom. The third-order valence-corrected chi connectivity index (χ3v) is 3.26. The normalized spacial score (nSPS) is 11.9. The van der Waals surface area contributed by atoms with Gasteiger partial charge in [0.25, 0.3) is 0 Å². The predicted molar refractivity (Wildman–Crippen MR) is 73.4 cm³/mol. The van der Waals surface area contributed by atoms with Crippen LogP contribution >= 0.6 is 0 Å². The van der Waals surface area contributed by atoms with Crippen molar-refractivity contribution in [1.82, 2.24) is 0 Å². The van der Waals surface area contributed by atoms with E-state index in [0.717, 1.165) is 5.56 Å². The smallest absolute Gasteiger partial charge is 0.311 e. The average Bonchev–Trinajstić information content (AvgIpc) is 2.41. The first-order valence-corrected chi connectivity index (χ1v) is 6.72. The van der Waals surface area contributed by atoms with Crippen LogP contribution in [0.5, 0.6) is 11.5 Å². The van der Waals surface area contributed by atoms with Crippen LogP contribution in [-0.2, 0) is 11.1 Å². The molecule has 1 unspecified atom stereocenters. The third kappa shape index (κ3) is 3.01. The molecular weight excluding hydrogens is 282 g/mol. The van der Waals surface area contributed by atoms with Gasteiger partial charge in [-0.25, -0.2) is 4.21 Å². The Morgan fingerprint density at radius 2 is 1.90 bits per heavy atom. The number of nitro benzene ring substituents is 1. The zero-order valence-electron chi connectivity index (χ0n) is 10.5. The summed E-state index contributed by atoms with van der Waals surface area (Å²) in [4.78, 5) is 10.4. The maximum Gasteiger partial charge on any atom is 0.311 e. The van der Waals surface area contributed by atoms with Gasteiger partial charge < -0.3 is 9.29 Å². The maximum atomic E-state index is 11.3. The molecule has 0 heterocycles. The van der Waals surface area contributed by atoms with E-state index in [1.165, 1.54) is 30.3 Å². The SMILES string of the molecule is Cc1ccc(Oc2ccccc2[N+](=O)[O-])c(S(=O)O)c1. The van der Waals surface area contributed by atoms with Gasteiger partial charge in [0, 0.05) is 6.07 Å². The summed E-state index contributed by atoms with van der Waals surface area (Å²) in [6.07, 6.45) is 0. The molecule has 2 aromatic carbocycles. The number of ether oxygens (including phenoxy) is 1. The van der Waals surface area contributed by atoms with E-state index in [9.17, 15) is 18.9 Å². The minimum absolute atomic E-state index is 0.0213. The summed E-state index contributed by atoms with van der Waals surface area (Å²) in [5.74, 6) is 0.138. The molecule has 2 aromatic rings. The monoisotopic (exact) mass is 293 g/mol. The Balaban J connectivity index is 2.45. The number of nitro groups is 1. The van der Waals surface area contributed by atoms with Crippen LogP contribution in [0.25, 0.3) is 0 Å². The van der Waals surface area contributed by atoms with Gasteiger partial charge in [-0.3, -0.25) is 10.1 Å². The van der Waals surface area contributed by atoms with Gasteiger partial charge in [0.1, 0.15) is 10.6 Å². The molecule has 6 nitrogen and oxygen atoms in total. The lowest BCUT2D eigenvalue weighted by Crippen LogP contribution is -1.97. The summed E-state index contributed by atoms with van der Waals surface area (Å²) in [7, 11) is 0. The van der Waals surface area contributed by atoms with Gasteiger partial charge in [0.15, 0.2) is 11.1 Å². The molecule has 0 bridgehead atoms. The highest BCUT2D eigenvalue weighted by Gasteiger charge is 2.17. The molecular formula is C13H11NO5S. The van der Waals surface area contributed by atoms with Crippen LogP contribution in [0.2, 0.25) is 0 Å². The van der Waals surface area contributed by atoms with E-state index in [0.29, 0.717) is 0 Å². The first-order chi connectivity index (χ1) is 9.49. The second-order valence-corrected chi connectivity index (χ2v) is 4.96. The van der Waals surface area contributed by atoms with Gasteiger partial charge in [-0.1, -0.05) is 18.2 Å². The fraction of sp³-hybridized carbons (Fsp3) is 0.0769. The lowest BCUT2D eigenvalue weighted by Gasteiger charge is -2.09. The molecule has 0 saturated carbocycles. The summed E-state index contributed by atoms with van der Waals surface area (Å²) in [6.45, 7) is 1.77. The van der Waals surface area contributed by atoms with E-state index in [2.05, 4.69) is 0 Å². The van der Waals surface area contributed by atoms with Crippen molar-refractivity contribution >= 4 is 16.8 Å². The molecule has 0 aliphatic rings. The quantitative estimate of drug-likeness (QED) is 0.531. The van der Waals surface area contributed by atoms with E-state index in [-0.39, 0.29) is 22.1 Å². The first kappa shape index (κ1) is 14.2. The van der Waals surface area contributed by atoms with Crippen molar-refractivity contribution in [3.63, 3.8) is 0 Å². The Morgan fingerprint density at radius 3 is 2.55 bits per heavy atom. The van der Waals surface area contributed by atoms with Crippen LogP contribution in [0, 0.1) is 17.0 Å². The zero-order chi connectivity index (χ0) is 14.7. The second-order valence-electron chi connectivity index (χ2n) is 4.03. The van der Waals surface area contributed by atoms with Crippen LogP contribution in [0.4, 0.5) is 5.69 Å². The van der Waals surface area contributed by atoms with E-state index in [4.69, 9.17) is 4.74 Å². The number of benzene rings is 2. The maximum absolute atomic E-state index is 11.3. The number of nitrogens with zero attached hydrogens (tertiary/aromatic N) is 1. The van der Waals surface area contributed by atoms with Gasteiger partial charge in [0.2, 0.25) is 5.75 Å². The first-order valence-electron chi connectivity index (χ1n) is 5.62. The summed E-state index contributed by atoms with van der Waals surface area (Å²) < 4.78 is 25.9. The predicted octanol–water partition coefficient (Wildman–Crippen LogP) is 3.28. The molecule has 2 rings (SSSR count). The summed E-state index contributed by atoms with van der Waals surface area (Å²) in [6, 6.07) is 10.6. The molecule has 1 N–H and O–H groups in total. The minimum Gasteiger partial charge on any atom is -0.449 e. The lowest BCUT2D eigenvalue weighted by molar-refractivity contribution is -0.385. The van der Waals surface area contributed by atoms with Crippen LogP contribution in [-0.4, -0.2) is 13.7 Å². The van der Waals surface area contributed by atoms with Gasteiger partial charge >= 0.3 is 5.69 Å². The van der Waals surface area contributed by atoms with E-state index in [1.54, 1.807) is 19.1 Å². The van der Waals surface area contributed by atoms with Crippen LogP contribution in [0.1, 0.15) is 5.56 Å². The molecule has 104 valence electrons. The lowest BCUT2D eigenvalue weighted by atomic mass is 10.2. The fourth-order valence-corrected chi connectivity index (χ4v) is 2.22. The van der Waals surface area contributed by atoms with E-state index < -0.39 is 16.0 Å². The van der Waals surface area contributed by atoms with E-state index >= 15 is 0 Å². The zero-order valence-corrected chi connectivity index (χ0v) is 11.3. The highest BCUT2D eigenvalue weighted by molar-refractivity contribution is 7.79. The number of aryl methyl sites for hydroxylation is 1. The molecule has 7 heteroatoms. The van der Waals surface area contributed by atoms with Crippen LogP contribution in [0.3, 0.4) is 0 Å². The van der Waals surface area contributed by atoms with Crippen LogP contribution < -0.4 is 4.74 Å². The molecule has 0 radical (unpaired) electrons. The molecule has 0 fully saturated rings. The van der Waals surface area contributed by atoms with Crippen LogP contribution in [0.15, 0.2) is 47.4 Å². The number of rotatable bonds is 4. The number of para-hydroxylation sites is 2. The van der Waals surface area contributed by atoms with Gasteiger partial charge in [0.05, 0.1) is 4.92 Å². The topological polar surface area (TPSA) is 89.7 Å². The van der Waals surface area contributed by atoms with Gasteiger partial charge in [-0.05, 0) is 30.7 Å². The Labute approximate surface area is 117 Å². The van der Waals surface area contributed by atoms with Crippen molar-refractivity contribution in [3.8, 4) is 11.5 Å².